The molecule has 0 bridgehead atoms. The number of nitrogens with one attached hydrogen (secondary N) is 1. The third kappa shape index (κ3) is 8.07. The number of nitrogens with zero attached hydrogens (tertiary/aromatic N) is 2. The largest absolute Gasteiger partial charge is 0.497 e. The lowest BCUT2D eigenvalue weighted by molar-refractivity contribution is -0.140. The lowest BCUT2D eigenvalue weighted by atomic mass is 10.1. The first-order chi connectivity index (χ1) is 19.5. The van der Waals surface area contributed by atoms with Gasteiger partial charge in [0, 0.05) is 13.1 Å². The van der Waals surface area contributed by atoms with E-state index in [2.05, 4.69) is 5.32 Å². The Balaban J connectivity index is 2.07. The molecule has 0 heterocycles. The molecule has 3 aromatic rings. The van der Waals surface area contributed by atoms with Crippen LogP contribution < -0.4 is 14.4 Å². The van der Waals surface area contributed by atoms with Crippen LogP contribution in [-0.4, -0.2) is 51.4 Å². The van der Waals surface area contributed by atoms with E-state index in [0.717, 1.165) is 15.9 Å². The van der Waals surface area contributed by atoms with E-state index in [4.69, 9.17) is 4.74 Å². The number of ether oxygens (including phenoxy) is 1. The Kier molecular flexibility index (Phi) is 10.9. The highest BCUT2D eigenvalue weighted by molar-refractivity contribution is 7.92. The van der Waals surface area contributed by atoms with Gasteiger partial charge in [0.25, 0.3) is 10.0 Å². The van der Waals surface area contributed by atoms with Gasteiger partial charge in [-0.25, -0.2) is 12.8 Å². The molecular weight excluding hydrogens is 545 g/mol. The van der Waals surface area contributed by atoms with Crippen molar-refractivity contribution in [2.75, 3.05) is 24.5 Å². The van der Waals surface area contributed by atoms with Crippen molar-refractivity contribution in [1.82, 2.24) is 10.2 Å². The second kappa shape index (κ2) is 14.1. The van der Waals surface area contributed by atoms with Gasteiger partial charge in [-0.2, -0.15) is 0 Å². The molecular formula is C31H38FN3O5S. The van der Waals surface area contributed by atoms with E-state index >= 15 is 4.39 Å². The summed E-state index contributed by atoms with van der Waals surface area (Å²) in [5.74, 6) is -1.04. The normalized spacial score (nSPS) is 12.1. The second-order valence-corrected chi connectivity index (χ2v) is 12.1. The molecule has 0 saturated heterocycles. The fourth-order valence-corrected chi connectivity index (χ4v) is 5.74. The summed E-state index contributed by atoms with van der Waals surface area (Å²) in [5.41, 5.74) is 1.27. The molecule has 0 fully saturated rings. The van der Waals surface area contributed by atoms with Crippen LogP contribution in [0, 0.1) is 18.7 Å². The van der Waals surface area contributed by atoms with Crippen molar-refractivity contribution in [1.29, 1.82) is 0 Å². The Hall–Kier alpha value is -3.92. The first-order valence-electron chi connectivity index (χ1n) is 13.5. The highest BCUT2D eigenvalue weighted by Crippen LogP contribution is 2.27. The van der Waals surface area contributed by atoms with Gasteiger partial charge in [0.15, 0.2) is 0 Å². The number of hydrogen-bond acceptors (Lipinski definition) is 5. The van der Waals surface area contributed by atoms with Crippen molar-refractivity contribution in [2.45, 2.75) is 51.6 Å². The van der Waals surface area contributed by atoms with E-state index in [1.165, 1.54) is 42.3 Å². The smallest absolute Gasteiger partial charge is 0.264 e. The number of carbonyl (C=O) groups is 2. The van der Waals surface area contributed by atoms with E-state index in [0.29, 0.717) is 17.9 Å². The number of carbonyl (C=O) groups excluding carboxylic acids is 2. The number of hydrogen-bond donors (Lipinski definition) is 1. The first kappa shape index (κ1) is 31.6. The average Bonchev–Trinajstić information content (AvgIpc) is 2.95. The predicted molar refractivity (Wildman–Crippen MR) is 158 cm³/mol. The van der Waals surface area contributed by atoms with Crippen LogP contribution in [0.25, 0.3) is 0 Å². The predicted octanol–water partition coefficient (Wildman–Crippen LogP) is 4.92. The van der Waals surface area contributed by atoms with Crippen LogP contribution in [0.2, 0.25) is 0 Å². The molecule has 0 radical (unpaired) electrons. The van der Waals surface area contributed by atoms with Crippen LogP contribution in [0.5, 0.6) is 5.75 Å². The average molecular weight is 584 g/mol. The molecule has 3 rings (SSSR count). The zero-order valence-electron chi connectivity index (χ0n) is 24.1. The number of benzene rings is 3. The third-order valence-corrected chi connectivity index (χ3v) is 8.34. The summed E-state index contributed by atoms with van der Waals surface area (Å²) in [7, 11) is -2.83. The van der Waals surface area contributed by atoms with Gasteiger partial charge in [-0.05, 0) is 61.2 Å². The molecule has 2 amide bonds. The molecule has 0 unspecified atom stereocenters. The Morgan fingerprint density at radius 1 is 1.00 bits per heavy atom. The van der Waals surface area contributed by atoms with Crippen molar-refractivity contribution in [3.05, 3.63) is 89.7 Å². The van der Waals surface area contributed by atoms with E-state index < -0.39 is 34.3 Å². The number of amides is 2. The summed E-state index contributed by atoms with van der Waals surface area (Å²) in [6.07, 6.45) is 0.282. The Morgan fingerprint density at radius 2 is 1.68 bits per heavy atom. The maximum atomic E-state index is 15.1. The molecule has 0 aromatic heterocycles. The summed E-state index contributed by atoms with van der Waals surface area (Å²) in [6, 6.07) is 17.7. The van der Waals surface area contributed by atoms with Gasteiger partial charge >= 0.3 is 0 Å². The minimum atomic E-state index is -4.35. The molecule has 0 aliphatic carbocycles. The monoisotopic (exact) mass is 583 g/mol. The minimum Gasteiger partial charge on any atom is -0.497 e. The van der Waals surface area contributed by atoms with Gasteiger partial charge in [-0.15, -0.1) is 0 Å². The highest BCUT2D eigenvalue weighted by Gasteiger charge is 2.34. The van der Waals surface area contributed by atoms with E-state index in [-0.39, 0.29) is 35.4 Å². The zero-order valence-corrected chi connectivity index (χ0v) is 24.9. The number of methoxy groups -OCH3 is 1. The fraction of sp³-hybridized carbons (Fsp3) is 0.355. The lowest BCUT2D eigenvalue weighted by Gasteiger charge is -2.33. The maximum Gasteiger partial charge on any atom is 0.264 e. The molecule has 1 atom stereocenters. The molecule has 0 aliphatic heterocycles. The van der Waals surface area contributed by atoms with Gasteiger partial charge in [-0.3, -0.25) is 13.9 Å². The number of rotatable bonds is 13. The van der Waals surface area contributed by atoms with Crippen LogP contribution >= 0.6 is 0 Å². The van der Waals surface area contributed by atoms with Gasteiger partial charge in [0.05, 0.1) is 17.7 Å². The van der Waals surface area contributed by atoms with Crippen molar-refractivity contribution >= 4 is 27.5 Å². The minimum absolute atomic E-state index is 0.0132. The van der Waals surface area contributed by atoms with Crippen molar-refractivity contribution in [2.24, 2.45) is 5.92 Å². The van der Waals surface area contributed by atoms with Crippen LogP contribution in [0.1, 0.15) is 38.3 Å². The molecule has 220 valence electrons. The number of anilines is 1. The lowest BCUT2D eigenvalue weighted by Crippen LogP contribution is -2.52. The van der Waals surface area contributed by atoms with E-state index in [1.54, 1.807) is 43.3 Å². The van der Waals surface area contributed by atoms with Gasteiger partial charge in [0.2, 0.25) is 11.8 Å². The highest BCUT2D eigenvalue weighted by atomic mass is 32.2. The summed E-state index contributed by atoms with van der Waals surface area (Å²) >= 11 is 0. The molecule has 41 heavy (non-hydrogen) atoms. The van der Waals surface area contributed by atoms with Gasteiger partial charge in [-0.1, -0.05) is 62.7 Å². The molecule has 1 N–H and O–H groups in total. The molecule has 10 heteroatoms. The number of para-hydroxylation sites is 1. The third-order valence-electron chi connectivity index (χ3n) is 6.57. The Labute approximate surface area is 242 Å². The van der Waals surface area contributed by atoms with Gasteiger partial charge < -0.3 is 15.0 Å². The molecule has 3 aromatic carbocycles. The van der Waals surface area contributed by atoms with Crippen LogP contribution in [0.3, 0.4) is 0 Å². The van der Waals surface area contributed by atoms with Crippen molar-refractivity contribution in [3.63, 3.8) is 0 Å². The molecule has 0 aliphatic rings. The first-order valence-corrected chi connectivity index (χ1v) is 15.0. The molecule has 0 spiro atoms. The SMILES string of the molecule is CC[C@@H](C(=O)NCC(C)C)N(Cc1cccc(OC)c1)C(=O)CN(c1ccccc1F)S(=O)(=O)c1ccc(C)cc1. The quantitative estimate of drug-likeness (QED) is 0.308. The second-order valence-electron chi connectivity index (χ2n) is 10.2. The number of halogens is 1. The Bertz CT molecular complexity index is 1440. The number of sulfonamides is 1. The number of aryl methyl sites for hydroxylation is 1. The van der Waals surface area contributed by atoms with Crippen LogP contribution in [0.4, 0.5) is 10.1 Å². The van der Waals surface area contributed by atoms with Crippen molar-refractivity contribution in [3.8, 4) is 5.75 Å². The summed E-state index contributed by atoms with van der Waals surface area (Å²) in [5, 5.41) is 2.88. The van der Waals surface area contributed by atoms with Gasteiger partial charge in [0.1, 0.15) is 24.2 Å². The standard InChI is InChI=1S/C31H38FN3O5S/c1-6-28(31(37)33-19-22(2)3)34(20-24-10-9-11-25(18-24)40-5)30(36)21-35(29-13-8-7-12-27(29)32)41(38,39)26-16-14-23(4)15-17-26/h7-18,22,28H,6,19-21H2,1-5H3,(H,33,37)/t28-/m0/s1. The van der Waals surface area contributed by atoms with Crippen molar-refractivity contribution < 1.29 is 27.1 Å². The molecule has 0 saturated carbocycles. The summed E-state index contributed by atoms with van der Waals surface area (Å²) in [4.78, 5) is 28.6. The zero-order chi connectivity index (χ0) is 30.2. The van der Waals surface area contributed by atoms with Crippen LogP contribution in [0.15, 0.2) is 77.7 Å². The summed E-state index contributed by atoms with van der Waals surface area (Å²) in [6.45, 7) is 7.24. The maximum absolute atomic E-state index is 15.1. The Morgan fingerprint density at radius 3 is 2.29 bits per heavy atom. The fourth-order valence-electron chi connectivity index (χ4n) is 4.31. The van der Waals surface area contributed by atoms with E-state index in [1.807, 2.05) is 20.8 Å². The van der Waals surface area contributed by atoms with Crippen LogP contribution in [-0.2, 0) is 26.2 Å². The van der Waals surface area contributed by atoms with E-state index in [9.17, 15) is 18.0 Å². The molecule has 8 nitrogen and oxygen atoms in total. The summed E-state index contributed by atoms with van der Waals surface area (Å²) < 4.78 is 48.8. The topological polar surface area (TPSA) is 96.0 Å².